The first-order valence-electron chi connectivity index (χ1n) is 5.42. The highest BCUT2D eigenvalue weighted by molar-refractivity contribution is 9.10. The second-order valence-corrected chi connectivity index (χ2v) is 4.78. The van der Waals surface area contributed by atoms with Crippen molar-refractivity contribution in [1.29, 1.82) is 0 Å². The molecule has 0 fully saturated rings. The molecule has 2 N–H and O–H groups in total. The van der Waals surface area contributed by atoms with Crippen molar-refractivity contribution in [2.75, 3.05) is 13.2 Å². The third kappa shape index (κ3) is 3.06. The highest BCUT2D eigenvalue weighted by Gasteiger charge is 2.17. The molecule has 0 aromatic heterocycles. The summed E-state index contributed by atoms with van der Waals surface area (Å²) >= 11 is 3.41. The van der Waals surface area contributed by atoms with Gasteiger partial charge >= 0.3 is 0 Å². The topological polar surface area (TPSA) is 47.6 Å². The van der Waals surface area contributed by atoms with Crippen molar-refractivity contribution < 1.29 is 4.74 Å². The van der Waals surface area contributed by atoms with Gasteiger partial charge in [0, 0.05) is 10.9 Å². The van der Waals surface area contributed by atoms with Crippen molar-refractivity contribution in [2.45, 2.75) is 18.9 Å². The summed E-state index contributed by atoms with van der Waals surface area (Å²) in [6, 6.07) is 8.47. The quantitative estimate of drug-likeness (QED) is 0.920. The van der Waals surface area contributed by atoms with E-state index in [-0.39, 0.29) is 6.04 Å². The van der Waals surface area contributed by atoms with E-state index in [2.05, 4.69) is 33.1 Å². The lowest BCUT2D eigenvalue weighted by Crippen LogP contribution is -2.12. The minimum Gasteiger partial charge on any atom is -0.478 e. The number of benzene rings is 1. The van der Waals surface area contributed by atoms with Crippen LogP contribution in [0.25, 0.3) is 0 Å². The molecule has 1 aromatic rings. The molecule has 1 unspecified atom stereocenters. The number of hydrogen-bond donors (Lipinski definition) is 1. The fourth-order valence-electron chi connectivity index (χ4n) is 1.68. The summed E-state index contributed by atoms with van der Waals surface area (Å²) in [7, 11) is 0. The Kier molecular flexibility index (Phi) is 3.96. The minimum absolute atomic E-state index is 0.260. The van der Waals surface area contributed by atoms with Crippen molar-refractivity contribution in [1.82, 2.24) is 0 Å². The molecule has 86 valence electrons. The number of ether oxygens (including phenoxy) is 1. The fraction of sp³-hybridized carbons (Fsp3) is 0.417. The van der Waals surface area contributed by atoms with Crippen molar-refractivity contribution in [3.8, 4) is 0 Å². The molecule has 1 aliphatic rings. The van der Waals surface area contributed by atoms with Crippen LogP contribution in [0.4, 0.5) is 0 Å². The van der Waals surface area contributed by atoms with E-state index in [9.17, 15) is 0 Å². The van der Waals surface area contributed by atoms with E-state index in [1.165, 1.54) is 5.56 Å². The van der Waals surface area contributed by atoms with Gasteiger partial charge in [0.05, 0.1) is 6.04 Å². The molecule has 16 heavy (non-hydrogen) atoms. The summed E-state index contributed by atoms with van der Waals surface area (Å²) in [6.45, 7) is 1.35. The van der Waals surface area contributed by atoms with Gasteiger partial charge in [-0.15, -0.1) is 0 Å². The summed E-state index contributed by atoms with van der Waals surface area (Å²) in [5.41, 5.74) is 6.71. The van der Waals surface area contributed by atoms with Gasteiger partial charge in [-0.1, -0.05) is 28.1 Å². The molecule has 1 heterocycles. The van der Waals surface area contributed by atoms with Gasteiger partial charge in [0.2, 0.25) is 0 Å². The Bertz CT molecular complexity index is 375. The van der Waals surface area contributed by atoms with Crippen molar-refractivity contribution >= 4 is 21.8 Å². The van der Waals surface area contributed by atoms with Gasteiger partial charge in [-0.25, -0.2) is 4.99 Å². The smallest absolute Gasteiger partial charge is 0.188 e. The summed E-state index contributed by atoms with van der Waals surface area (Å²) < 4.78 is 6.62. The molecule has 1 aromatic carbocycles. The predicted molar refractivity (Wildman–Crippen MR) is 68.7 cm³/mol. The summed E-state index contributed by atoms with van der Waals surface area (Å²) in [5.74, 6) is 0.834. The fourth-order valence-corrected chi connectivity index (χ4v) is 1.95. The third-order valence-electron chi connectivity index (χ3n) is 2.54. The zero-order valence-corrected chi connectivity index (χ0v) is 10.6. The normalized spacial score (nSPS) is 19.4. The lowest BCUT2D eigenvalue weighted by molar-refractivity contribution is 0.307. The van der Waals surface area contributed by atoms with Crippen LogP contribution < -0.4 is 5.73 Å². The van der Waals surface area contributed by atoms with E-state index in [1.807, 2.05) is 12.1 Å². The van der Waals surface area contributed by atoms with Crippen molar-refractivity contribution in [3.05, 3.63) is 34.3 Å². The molecule has 1 atom stereocenters. The first kappa shape index (κ1) is 11.6. The van der Waals surface area contributed by atoms with E-state index >= 15 is 0 Å². The Morgan fingerprint density at radius 2 is 2.12 bits per heavy atom. The number of rotatable bonds is 4. The maximum absolute atomic E-state index is 5.54. The molecule has 0 aliphatic carbocycles. The molecule has 2 rings (SSSR count). The van der Waals surface area contributed by atoms with Crippen LogP contribution in [-0.2, 0) is 11.2 Å². The number of nitrogens with two attached hydrogens (primary N) is 1. The van der Waals surface area contributed by atoms with Crippen LogP contribution in [0.5, 0.6) is 0 Å². The number of hydrogen-bond acceptors (Lipinski definition) is 3. The molecule has 4 heteroatoms. The standard InChI is InChI=1S/C12H15BrN2O/c13-10-3-1-9(2-4-10)7-12-15-11(5-6-14)8-16-12/h1-4,11H,5-8,14H2. The van der Waals surface area contributed by atoms with Crippen molar-refractivity contribution in [2.24, 2.45) is 10.7 Å². The Hall–Kier alpha value is -0.870. The molecule has 0 spiro atoms. The number of aliphatic imine (C=N–C) groups is 1. The lowest BCUT2D eigenvalue weighted by atomic mass is 10.1. The molecular formula is C12H15BrN2O. The second-order valence-electron chi connectivity index (χ2n) is 3.87. The van der Waals surface area contributed by atoms with Crippen LogP contribution in [0.1, 0.15) is 12.0 Å². The van der Waals surface area contributed by atoms with Crippen LogP contribution in [0.3, 0.4) is 0 Å². The molecule has 0 bridgehead atoms. The van der Waals surface area contributed by atoms with Crippen LogP contribution in [0.2, 0.25) is 0 Å². The number of halogens is 1. The summed E-state index contributed by atoms with van der Waals surface area (Å²) in [5, 5.41) is 0. The van der Waals surface area contributed by atoms with Crippen LogP contribution in [0.15, 0.2) is 33.7 Å². The Labute approximate surface area is 104 Å². The SMILES string of the molecule is NCCC1COC(Cc2ccc(Br)cc2)=N1. The first-order valence-corrected chi connectivity index (χ1v) is 6.21. The van der Waals surface area contributed by atoms with E-state index in [0.717, 1.165) is 23.2 Å². The lowest BCUT2D eigenvalue weighted by Gasteiger charge is -2.01. The number of nitrogens with zero attached hydrogens (tertiary/aromatic N) is 1. The minimum atomic E-state index is 0.260. The van der Waals surface area contributed by atoms with Gasteiger partial charge in [-0.2, -0.15) is 0 Å². The molecule has 0 saturated carbocycles. The van der Waals surface area contributed by atoms with E-state index in [4.69, 9.17) is 10.5 Å². The van der Waals surface area contributed by atoms with Crippen LogP contribution >= 0.6 is 15.9 Å². The maximum Gasteiger partial charge on any atom is 0.188 e. The molecular weight excluding hydrogens is 268 g/mol. The Balaban J connectivity index is 1.95. The Morgan fingerprint density at radius 1 is 1.38 bits per heavy atom. The second kappa shape index (κ2) is 5.46. The van der Waals surface area contributed by atoms with E-state index < -0.39 is 0 Å². The van der Waals surface area contributed by atoms with Gasteiger partial charge in [-0.3, -0.25) is 0 Å². The third-order valence-corrected chi connectivity index (χ3v) is 3.07. The highest BCUT2D eigenvalue weighted by atomic mass is 79.9. The summed E-state index contributed by atoms with van der Waals surface area (Å²) in [6.07, 6.45) is 1.68. The zero-order valence-electron chi connectivity index (χ0n) is 9.03. The largest absolute Gasteiger partial charge is 0.478 e. The average Bonchev–Trinajstić information content (AvgIpc) is 2.70. The van der Waals surface area contributed by atoms with Gasteiger partial charge in [0.15, 0.2) is 5.90 Å². The maximum atomic E-state index is 5.54. The van der Waals surface area contributed by atoms with Gasteiger partial charge in [0.1, 0.15) is 6.61 Å². The van der Waals surface area contributed by atoms with Crippen LogP contribution in [0, 0.1) is 0 Å². The molecule has 3 nitrogen and oxygen atoms in total. The van der Waals surface area contributed by atoms with E-state index in [1.54, 1.807) is 0 Å². The molecule has 1 aliphatic heterocycles. The van der Waals surface area contributed by atoms with Crippen molar-refractivity contribution in [3.63, 3.8) is 0 Å². The van der Waals surface area contributed by atoms with Gasteiger partial charge in [0.25, 0.3) is 0 Å². The zero-order chi connectivity index (χ0) is 11.4. The molecule has 0 amide bonds. The Morgan fingerprint density at radius 3 is 2.81 bits per heavy atom. The predicted octanol–water partition coefficient (Wildman–Crippen LogP) is 2.14. The van der Waals surface area contributed by atoms with Gasteiger partial charge in [-0.05, 0) is 30.7 Å². The summed E-state index contributed by atoms with van der Waals surface area (Å²) in [4.78, 5) is 4.50. The van der Waals surface area contributed by atoms with E-state index in [0.29, 0.717) is 13.2 Å². The van der Waals surface area contributed by atoms with Crippen LogP contribution in [-0.4, -0.2) is 25.1 Å². The van der Waals surface area contributed by atoms with Gasteiger partial charge < -0.3 is 10.5 Å². The monoisotopic (exact) mass is 282 g/mol. The highest BCUT2D eigenvalue weighted by Crippen LogP contribution is 2.14. The average molecular weight is 283 g/mol. The molecule has 0 radical (unpaired) electrons. The first-order chi connectivity index (χ1) is 7.78. The molecule has 0 saturated heterocycles.